The van der Waals surface area contributed by atoms with Crippen LogP contribution in [0.25, 0.3) is 0 Å². The lowest BCUT2D eigenvalue weighted by molar-refractivity contribution is 0.00850. The molecule has 2 aliphatic rings. The molecule has 0 saturated heterocycles. The molecule has 2 fully saturated rings. The van der Waals surface area contributed by atoms with E-state index in [0.717, 1.165) is 24.1 Å². The Morgan fingerprint density at radius 1 is 1.21 bits per heavy atom. The smallest absolute Gasteiger partial charge is 0.130 e. The molecule has 0 spiro atoms. The first-order valence-electron chi connectivity index (χ1n) is 7.74. The van der Waals surface area contributed by atoms with Gasteiger partial charge in [0.2, 0.25) is 0 Å². The summed E-state index contributed by atoms with van der Waals surface area (Å²) in [5, 5.41) is 3.53. The minimum Gasteiger partial charge on any atom is -0.464 e. The number of hydrogen-bond donors (Lipinski definition) is 1. The van der Waals surface area contributed by atoms with Gasteiger partial charge in [0, 0.05) is 18.2 Å². The molecule has 0 bridgehead atoms. The van der Waals surface area contributed by atoms with Gasteiger partial charge in [0.15, 0.2) is 0 Å². The summed E-state index contributed by atoms with van der Waals surface area (Å²) in [6, 6.07) is 2.91. The Labute approximate surface area is 115 Å². The number of rotatable bonds is 6. The van der Waals surface area contributed by atoms with Gasteiger partial charge < -0.3 is 14.5 Å². The van der Waals surface area contributed by atoms with Crippen molar-refractivity contribution in [3.8, 4) is 0 Å². The van der Waals surface area contributed by atoms with E-state index in [0.29, 0.717) is 12.7 Å². The second kappa shape index (κ2) is 6.10. The Morgan fingerprint density at radius 3 is 2.74 bits per heavy atom. The molecule has 106 valence electrons. The van der Waals surface area contributed by atoms with Crippen LogP contribution in [-0.2, 0) is 17.9 Å². The molecule has 1 aromatic heterocycles. The van der Waals surface area contributed by atoms with E-state index in [9.17, 15) is 0 Å². The van der Waals surface area contributed by atoms with E-state index in [1.54, 1.807) is 0 Å². The van der Waals surface area contributed by atoms with Gasteiger partial charge in [-0.25, -0.2) is 0 Å². The molecule has 2 aliphatic carbocycles. The van der Waals surface area contributed by atoms with Gasteiger partial charge in [-0.15, -0.1) is 0 Å². The zero-order chi connectivity index (χ0) is 13.1. The van der Waals surface area contributed by atoms with Gasteiger partial charge in [0.05, 0.1) is 6.10 Å². The molecule has 0 aromatic carbocycles. The van der Waals surface area contributed by atoms with E-state index in [4.69, 9.17) is 9.15 Å². The third kappa shape index (κ3) is 3.83. The van der Waals surface area contributed by atoms with Crippen molar-refractivity contribution in [2.45, 2.75) is 77.2 Å². The zero-order valence-electron chi connectivity index (χ0n) is 11.9. The van der Waals surface area contributed by atoms with Crippen LogP contribution in [0, 0.1) is 6.92 Å². The van der Waals surface area contributed by atoms with Crippen LogP contribution in [0.5, 0.6) is 0 Å². The molecule has 19 heavy (non-hydrogen) atoms. The van der Waals surface area contributed by atoms with Crippen LogP contribution in [0.4, 0.5) is 0 Å². The minimum absolute atomic E-state index is 0.451. The average molecular weight is 263 g/mol. The maximum absolute atomic E-state index is 5.96. The summed E-state index contributed by atoms with van der Waals surface area (Å²) < 4.78 is 11.8. The zero-order valence-corrected chi connectivity index (χ0v) is 11.9. The molecule has 2 saturated carbocycles. The second-order valence-electron chi connectivity index (χ2n) is 6.02. The summed E-state index contributed by atoms with van der Waals surface area (Å²) in [5.41, 5.74) is 1.29. The van der Waals surface area contributed by atoms with Gasteiger partial charge in [-0.2, -0.15) is 0 Å². The lowest BCUT2D eigenvalue weighted by Crippen LogP contribution is -2.16. The summed E-state index contributed by atoms with van der Waals surface area (Å²) in [4.78, 5) is 0. The summed E-state index contributed by atoms with van der Waals surface area (Å²) in [6.07, 6.45) is 9.55. The van der Waals surface area contributed by atoms with Crippen molar-refractivity contribution in [2.75, 3.05) is 0 Å². The van der Waals surface area contributed by atoms with Crippen LogP contribution in [0.2, 0.25) is 0 Å². The average Bonchev–Trinajstić information content (AvgIpc) is 3.19. The van der Waals surface area contributed by atoms with Crippen molar-refractivity contribution in [1.29, 1.82) is 0 Å². The highest BCUT2D eigenvalue weighted by Crippen LogP contribution is 2.24. The first-order chi connectivity index (χ1) is 9.31. The minimum atomic E-state index is 0.451. The summed E-state index contributed by atoms with van der Waals surface area (Å²) in [6.45, 7) is 3.62. The van der Waals surface area contributed by atoms with Crippen molar-refractivity contribution in [3.05, 3.63) is 23.2 Å². The SMILES string of the molecule is Cc1oc(COC2CCCCC2)cc1CNC1CC1. The molecule has 0 unspecified atom stereocenters. The highest BCUT2D eigenvalue weighted by Gasteiger charge is 2.21. The summed E-state index contributed by atoms with van der Waals surface area (Å²) >= 11 is 0. The van der Waals surface area contributed by atoms with E-state index in [-0.39, 0.29) is 0 Å². The van der Waals surface area contributed by atoms with Gasteiger partial charge in [-0.1, -0.05) is 19.3 Å². The Bertz CT molecular complexity index is 403. The van der Waals surface area contributed by atoms with Gasteiger partial charge in [0.25, 0.3) is 0 Å². The predicted octanol–water partition coefficient (Wildman–Crippen LogP) is 3.69. The molecule has 1 heterocycles. The fraction of sp³-hybridized carbons (Fsp3) is 0.750. The number of hydrogen-bond acceptors (Lipinski definition) is 3. The van der Waals surface area contributed by atoms with Crippen LogP contribution < -0.4 is 5.32 Å². The maximum atomic E-state index is 5.96. The maximum Gasteiger partial charge on any atom is 0.130 e. The molecule has 3 nitrogen and oxygen atoms in total. The van der Waals surface area contributed by atoms with E-state index in [2.05, 4.69) is 11.4 Å². The summed E-state index contributed by atoms with van der Waals surface area (Å²) in [5.74, 6) is 2.02. The largest absolute Gasteiger partial charge is 0.464 e. The Kier molecular flexibility index (Phi) is 4.24. The summed E-state index contributed by atoms with van der Waals surface area (Å²) in [7, 11) is 0. The van der Waals surface area contributed by atoms with Crippen LogP contribution in [0.15, 0.2) is 10.5 Å². The van der Waals surface area contributed by atoms with E-state index in [1.807, 2.05) is 6.92 Å². The molecule has 3 rings (SSSR count). The molecular formula is C16H25NO2. The molecule has 0 radical (unpaired) electrons. The standard InChI is InChI=1S/C16H25NO2/c1-12-13(10-17-14-7-8-14)9-16(19-12)11-18-15-5-3-2-4-6-15/h9,14-15,17H,2-8,10-11H2,1H3. The highest BCUT2D eigenvalue weighted by molar-refractivity contribution is 5.20. The van der Waals surface area contributed by atoms with Gasteiger partial charge >= 0.3 is 0 Å². The number of aryl methyl sites for hydroxylation is 1. The van der Waals surface area contributed by atoms with E-state index >= 15 is 0 Å². The quantitative estimate of drug-likeness (QED) is 0.850. The lowest BCUT2D eigenvalue weighted by atomic mass is 9.98. The Balaban J connectivity index is 1.48. The van der Waals surface area contributed by atoms with Gasteiger partial charge in [0.1, 0.15) is 18.1 Å². The third-order valence-electron chi connectivity index (χ3n) is 4.24. The molecule has 3 heteroatoms. The van der Waals surface area contributed by atoms with Crippen molar-refractivity contribution in [1.82, 2.24) is 5.32 Å². The van der Waals surface area contributed by atoms with Crippen molar-refractivity contribution in [2.24, 2.45) is 0 Å². The van der Waals surface area contributed by atoms with Crippen molar-refractivity contribution >= 4 is 0 Å². The predicted molar refractivity (Wildman–Crippen MR) is 75.0 cm³/mol. The number of furan rings is 1. The molecule has 0 atom stereocenters. The van der Waals surface area contributed by atoms with Crippen molar-refractivity contribution in [3.63, 3.8) is 0 Å². The van der Waals surface area contributed by atoms with E-state index < -0.39 is 0 Å². The molecular weight excluding hydrogens is 238 g/mol. The van der Waals surface area contributed by atoms with Gasteiger partial charge in [-0.3, -0.25) is 0 Å². The number of nitrogens with one attached hydrogen (secondary N) is 1. The second-order valence-corrected chi connectivity index (χ2v) is 6.02. The van der Waals surface area contributed by atoms with Crippen LogP contribution in [-0.4, -0.2) is 12.1 Å². The molecule has 0 amide bonds. The fourth-order valence-electron chi connectivity index (χ4n) is 2.81. The molecule has 1 N–H and O–H groups in total. The van der Waals surface area contributed by atoms with Gasteiger partial charge in [-0.05, 0) is 38.7 Å². The topological polar surface area (TPSA) is 34.4 Å². The van der Waals surface area contributed by atoms with Crippen LogP contribution >= 0.6 is 0 Å². The van der Waals surface area contributed by atoms with Crippen molar-refractivity contribution < 1.29 is 9.15 Å². The molecule has 0 aliphatic heterocycles. The normalized spacial score (nSPS) is 20.9. The Hall–Kier alpha value is -0.800. The lowest BCUT2D eigenvalue weighted by Gasteiger charge is -2.21. The monoisotopic (exact) mass is 263 g/mol. The Morgan fingerprint density at radius 2 is 2.00 bits per heavy atom. The van der Waals surface area contributed by atoms with Crippen LogP contribution in [0.1, 0.15) is 62.0 Å². The fourth-order valence-corrected chi connectivity index (χ4v) is 2.81. The first-order valence-corrected chi connectivity index (χ1v) is 7.74. The molecule has 1 aromatic rings. The van der Waals surface area contributed by atoms with Crippen LogP contribution in [0.3, 0.4) is 0 Å². The van der Waals surface area contributed by atoms with E-state index in [1.165, 1.54) is 50.5 Å². The first kappa shape index (κ1) is 13.2. The highest BCUT2D eigenvalue weighted by atomic mass is 16.5. The number of ether oxygens (including phenoxy) is 1. The third-order valence-corrected chi connectivity index (χ3v) is 4.24.